The van der Waals surface area contributed by atoms with E-state index < -0.39 is 0 Å². The molecule has 0 spiro atoms. The van der Waals surface area contributed by atoms with Crippen LogP contribution in [0.1, 0.15) is 10.4 Å². The highest BCUT2D eigenvalue weighted by molar-refractivity contribution is 14.1. The predicted octanol–water partition coefficient (Wildman–Crippen LogP) is 5.50. The molecule has 0 aliphatic carbocycles. The van der Waals surface area contributed by atoms with Crippen LogP contribution in [0.3, 0.4) is 0 Å². The smallest absolute Gasteiger partial charge is 0.257 e. The van der Waals surface area contributed by atoms with E-state index in [4.69, 9.17) is 34.8 Å². The van der Waals surface area contributed by atoms with E-state index in [2.05, 4.69) is 27.9 Å². The van der Waals surface area contributed by atoms with Gasteiger partial charge < -0.3 is 5.32 Å². The minimum atomic E-state index is -0.351. The molecule has 0 aromatic heterocycles. The van der Waals surface area contributed by atoms with Crippen LogP contribution in [-0.4, -0.2) is 5.91 Å². The fourth-order valence-corrected chi connectivity index (χ4v) is 2.75. The van der Waals surface area contributed by atoms with Gasteiger partial charge in [0.15, 0.2) is 0 Å². The lowest BCUT2D eigenvalue weighted by atomic mass is 10.2. The number of amides is 1. The van der Waals surface area contributed by atoms with Gasteiger partial charge in [-0.15, -0.1) is 0 Å². The Kier molecular flexibility index (Phi) is 4.95. The van der Waals surface area contributed by atoms with E-state index in [1.807, 2.05) is 6.07 Å². The van der Waals surface area contributed by atoms with Crippen molar-refractivity contribution < 1.29 is 4.79 Å². The summed E-state index contributed by atoms with van der Waals surface area (Å²) in [5, 5.41) is 3.74. The van der Waals surface area contributed by atoms with Crippen molar-refractivity contribution in [1.29, 1.82) is 0 Å². The number of anilines is 1. The van der Waals surface area contributed by atoms with Crippen molar-refractivity contribution in [3.05, 3.63) is 60.6 Å². The highest BCUT2D eigenvalue weighted by atomic mass is 127. The van der Waals surface area contributed by atoms with Crippen molar-refractivity contribution in [3.8, 4) is 0 Å². The lowest BCUT2D eigenvalue weighted by Gasteiger charge is -2.09. The highest BCUT2D eigenvalue weighted by Crippen LogP contribution is 2.28. The summed E-state index contributed by atoms with van der Waals surface area (Å²) in [6.07, 6.45) is 0. The molecule has 0 radical (unpaired) electrons. The molecule has 0 heterocycles. The third-order valence-corrected chi connectivity index (χ3v) is 4.18. The molecule has 0 aliphatic rings. The van der Waals surface area contributed by atoms with Crippen molar-refractivity contribution in [2.75, 3.05) is 5.32 Å². The summed E-state index contributed by atoms with van der Waals surface area (Å²) in [5.74, 6) is -0.351. The molecule has 0 saturated heterocycles. The molecular weight excluding hydrogens is 419 g/mol. The fraction of sp³-hybridized carbons (Fsp3) is 0. The number of carbonyl (C=O) groups excluding carboxylic acids is 1. The summed E-state index contributed by atoms with van der Waals surface area (Å²) in [6, 6.07) is 10.2. The number of benzene rings is 2. The van der Waals surface area contributed by atoms with Crippen LogP contribution in [0.2, 0.25) is 15.1 Å². The molecule has 0 aliphatic heterocycles. The third kappa shape index (κ3) is 3.54. The Morgan fingerprint density at radius 3 is 2.47 bits per heavy atom. The maximum atomic E-state index is 12.1. The minimum Gasteiger partial charge on any atom is -0.321 e. The Labute approximate surface area is 139 Å². The number of nitrogens with one attached hydrogen (secondary N) is 1. The average Bonchev–Trinajstić information content (AvgIpc) is 2.36. The number of halogens is 4. The van der Waals surface area contributed by atoms with Crippen LogP contribution in [0.25, 0.3) is 0 Å². The van der Waals surface area contributed by atoms with Crippen LogP contribution in [-0.2, 0) is 0 Å². The third-order valence-electron chi connectivity index (χ3n) is 2.38. The van der Waals surface area contributed by atoms with E-state index in [1.54, 1.807) is 30.3 Å². The molecule has 0 bridgehead atoms. The van der Waals surface area contributed by atoms with Gasteiger partial charge in [0, 0.05) is 3.57 Å². The fourth-order valence-electron chi connectivity index (χ4n) is 1.46. The van der Waals surface area contributed by atoms with E-state index in [-0.39, 0.29) is 10.9 Å². The molecule has 0 atom stereocenters. The van der Waals surface area contributed by atoms with Gasteiger partial charge >= 0.3 is 0 Å². The summed E-state index contributed by atoms with van der Waals surface area (Å²) in [6.45, 7) is 0. The topological polar surface area (TPSA) is 29.1 Å². The zero-order valence-electron chi connectivity index (χ0n) is 9.38. The molecule has 0 fully saturated rings. The standard InChI is InChI=1S/C13H7Cl3INO/c14-9-3-1-2-8(12(9)16)13(19)18-11-5-4-7(17)6-10(11)15/h1-6H,(H,18,19). The van der Waals surface area contributed by atoms with Crippen molar-refractivity contribution in [2.24, 2.45) is 0 Å². The first-order chi connectivity index (χ1) is 8.99. The Hall–Kier alpha value is -0.490. The first kappa shape index (κ1) is 14.9. The molecule has 2 rings (SSSR count). The number of carbonyl (C=O) groups is 1. The lowest BCUT2D eigenvalue weighted by Crippen LogP contribution is -2.12. The van der Waals surface area contributed by atoms with Crippen LogP contribution in [0.15, 0.2) is 36.4 Å². The van der Waals surface area contributed by atoms with Gasteiger partial charge in [0.2, 0.25) is 0 Å². The number of rotatable bonds is 2. The van der Waals surface area contributed by atoms with Gasteiger partial charge in [-0.05, 0) is 52.9 Å². The minimum absolute atomic E-state index is 0.225. The van der Waals surface area contributed by atoms with Gasteiger partial charge in [0.25, 0.3) is 5.91 Å². The van der Waals surface area contributed by atoms with Crippen molar-refractivity contribution >= 4 is 69.0 Å². The number of hydrogen-bond donors (Lipinski definition) is 1. The zero-order chi connectivity index (χ0) is 14.0. The van der Waals surface area contributed by atoms with Gasteiger partial charge in [0.05, 0.1) is 26.3 Å². The summed E-state index contributed by atoms with van der Waals surface area (Å²) in [5.41, 5.74) is 0.840. The second-order valence-electron chi connectivity index (χ2n) is 3.68. The lowest BCUT2D eigenvalue weighted by molar-refractivity contribution is 0.102. The van der Waals surface area contributed by atoms with Crippen molar-refractivity contribution in [3.63, 3.8) is 0 Å². The normalized spacial score (nSPS) is 10.3. The van der Waals surface area contributed by atoms with Crippen LogP contribution in [0.4, 0.5) is 5.69 Å². The number of hydrogen-bond acceptors (Lipinski definition) is 1. The molecular formula is C13H7Cl3INO. The SMILES string of the molecule is O=C(Nc1ccc(I)cc1Cl)c1cccc(Cl)c1Cl. The first-order valence-corrected chi connectivity index (χ1v) is 7.40. The molecule has 0 saturated carbocycles. The van der Waals surface area contributed by atoms with Crippen molar-refractivity contribution in [1.82, 2.24) is 0 Å². The van der Waals surface area contributed by atoms with Crippen LogP contribution in [0, 0.1) is 3.57 Å². The quantitative estimate of drug-likeness (QED) is 0.631. The van der Waals surface area contributed by atoms with Gasteiger partial charge in [0.1, 0.15) is 0 Å². The molecule has 1 amide bonds. The van der Waals surface area contributed by atoms with Crippen LogP contribution in [0.5, 0.6) is 0 Å². The maximum Gasteiger partial charge on any atom is 0.257 e. The van der Waals surface area contributed by atoms with E-state index in [0.29, 0.717) is 21.3 Å². The maximum absolute atomic E-state index is 12.1. The first-order valence-electron chi connectivity index (χ1n) is 5.19. The molecule has 1 N–H and O–H groups in total. The summed E-state index contributed by atoms with van der Waals surface area (Å²) >= 11 is 20.1. The van der Waals surface area contributed by atoms with E-state index in [9.17, 15) is 4.79 Å². The molecule has 2 aromatic carbocycles. The molecule has 0 unspecified atom stereocenters. The Balaban J connectivity index is 2.28. The van der Waals surface area contributed by atoms with E-state index in [0.717, 1.165) is 3.57 Å². The average molecular weight is 426 g/mol. The Morgan fingerprint density at radius 2 is 1.79 bits per heavy atom. The van der Waals surface area contributed by atoms with Gasteiger partial charge in [-0.25, -0.2) is 0 Å². The molecule has 98 valence electrons. The second-order valence-corrected chi connectivity index (χ2v) is 6.12. The van der Waals surface area contributed by atoms with E-state index >= 15 is 0 Å². The van der Waals surface area contributed by atoms with Gasteiger partial charge in [-0.1, -0.05) is 40.9 Å². The van der Waals surface area contributed by atoms with Crippen molar-refractivity contribution in [2.45, 2.75) is 0 Å². The summed E-state index contributed by atoms with van der Waals surface area (Å²) in [7, 11) is 0. The van der Waals surface area contributed by atoms with Gasteiger partial charge in [-0.2, -0.15) is 0 Å². The van der Waals surface area contributed by atoms with Crippen LogP contribution >= 0.6 is 57.4 Å². The predicted molar refractivity (Wildman–Crippen MR) is 88.6 cm³/mol. The zero-order valence-corrected chi connectivity index (χ0v) is 13.8. The summed E-state index contributed by atoms with van der Waals surface area (Å²) < 4.78 is 0.987. The van der Waals surface area contributed by atoms with Crippen LogP contribution < -0.4 is 5.32 Å². The Morgan fingerprint density at radius 1 is 1.05 bits per heavy atom. The molecule has 2 nitrogen and oxygen atoms in total. The summed E-state index contributed by atoms with van der Waals surface area (Å²) in [4.78, 5) is 12.1. The highest BCUT2D eigenvalue weighted by Gasteiger charge is 2.13. The second kappa shape index (κ2) is 6.31. The molecule has 6 heteroatoms. The van der Waals surface area contributed by atoms with E-state index in [1.165, 1.54) is 0 Å². The monoisotopic (exact) mass is 425 g/mol. The largest absolute Gasteiger partial charge is 0.321 e. The molecule has 2 aromatic rings. The molecule has 19 heavy (non-hydrogen) atoms. The van der Waals surface area contributed by atoms with Gasteiger partial charge in [-0.3, -0.25) is 4.79 Å². The Bertz CT molecular complexity index is 646.